The molecule has 0 aliphatic heterocycles. The Bertz CT molecular complexity index is 375. The Balaban J connectivity index is 3.33. The summed E-state index contributed by atoms with van der Waals surface area (Å²) in [6.07, 6.45) is -2.48. The summed E-state index contributed by atoms with van der Waals surface area (Å²) < 4.78 is 25.4. The molecule has 0 aromatic heterocycles. The summed E-state index contributed by atoms with van der Waals surface area (Å²) in [5.74, 6) is -0.0961. The molecule has 0 aliphatic carbocycles. The van der Waals surface area contributed by atoms with E-state index in [1.807, 2.05) is 22.6 Å². The molecule has 0 amide bonds. The van der Waals surface area contributed by atoms with Crippen LogP contribution >= 0.6 is 22.6 Å². The molecular formula is C10H9F2IO. The maximum absolute atomic E-state index is 12.5. The number of carbonyl (C=O) groups is 1. The van der Waals surface area contributed by atoms with E-state index >= 15 is 0 Å². The van der Waals surface area contributed by atoms with Crippen molar-refractivity contribution in [2.75, 3.05) is 0 Å². The summed E-state index contributed by atoms with van der Waals surface area (Å²) in [6, 6.07) is 2.78. The minimum absolute atomic E-state index is 0.00639. The van der Waals surface area contributed by atoms with E-state index in [0.717, 1.165) is 0 Å². The molecule has 0 atom stereocenters. The Labute approximate surface area is 94.6 Å². The topological polar surface area (TPSA) is 17.1 Å². The second-order valence-corrected chi connectivity index (χ2v) is 4.08. The maximum Gasteiger partial charge on any atom is 0.264 e. The number of carbonyl (C=O) groups excluding carboxylic acids is 1. The summed E-state index contributed by atoms with van der Waals surface area (Å²) in [5.41, 5.74) is 1.14. The zero-order valence-electron chi connectivity index (χ0n) is 7.77. The Kier molecular flexibility index (Phi) is 3.58. The highest BCUT2D eigenvalue weighted by Crippen LogP contribution is 2.28. The lowest BCUT2D eigenvalue weighted by atomic mass is 10.0. The lowest BCUT2D eigenvalue weighted by Crippen LogP contribution is -2.01. The van der Waals surface area contributed by atoms with Gasteiger partial charge in [-0.05, 0) is 42.0 Å². The molecule has 0 heterocycles. The molecule has 0 bridgehead atoms. The first-order valence-electron chi connectivity index (χ1n) is 4.03. The van der Waals surface area contributed by atoms with Crippen LogP contribution in [0, 0.1) is 10.5 Å². The van der Waals surface area contributed by atoms with Gasteiger partial charge in [0.2, 0.25) is 0 Å². The van der Waals surface area contributed by atoms with Crippen LogP contribution in [0.5, 0.6) is 0 Å². The summed E-state index contributed by atoms with van der Waals surface area (Å²) in [4.78, 5) is 11.1. The molecule has 1 aromatic rings. The number of benzene rings is 1. The molecule has 0 fully saturated rings. The highest BCUT2D eigenvalue weighted by Gasteiger charge is 2.16. The Hall–Kier alpha value is -0.520. The molecule has 1 aromatic carbocycles. The van der Waals surface area contributed by atoms with Gasteiger partial charge in [-0.15, -0.1) is 0 Å². The van der Waals surface area contributed by atoms with Crippen molar-refractivity contribution < 1.29 is 13.6 Å². The Morgan fingerprint density at radius 1 is 1.43 bits per heavy atom. The van der Waals surface area contributed by atoms with Crippen LogP contribution in [0.2, 0.25) is 0 Å². The largest absolute Gasteiger partial charge is 0.295 e. The van der Waals surface area contributed by atoms with Crippen LogP contribution in [0.15, 0.2) is 12.1 Å². The van der Waals surface area contributed by atoms with E-state index in [1.165, 1.54) is 19.1 Å². The van der Waals surface area contributed by atoms with Crippen molar-refractivity contribution in [3.63, 3.8) is 0 Å². The number of halogens is 3. The van der Waals surface area contributed by atoms with Gasteiger partial charge in [0, 0.05) is 14.7 Å². The van der Waals surface area contributed by atoms with Gasteiger partial charge in [0.15, 0.2) is 5.78 Å². The van der Waals surface area contributed by atoms with Gasteiger partial charge in [-0.1, -0.05) is 12.1 Å². The van der Waals surface area contributed by atoms with Crippen molar-refractivity contribution in [1.82, 2.24) is 0 Å². The lowest BCUT2D eigenvalue weighted by molar-refractivity contribution is 0.101. The van der Waals surface area contributed by atoms with Gasteiger partial charge in [-0.3, -0.25) is 4.79 Å². The van der Waals surface area contributed by atoms with Crippen LogP contribution in [0.3, 0.4) is 0 Å². The minimum atomic E-state index is -2.48. The highest BCUT2D eigenvalue weighted by atomic mass is 127. The first-order chi connectivity index (χ1) is 6.45. The third-order valence-electron chi connectivity index (χ3n) is 2.03. The predicted molar refractivity (Wildman–Crippen MR) is 58.9 cm³/mol. The predicted octanol–water partition coefficient (Wildman–Crippen LogP) is 3.74. The second-order valence-electron chi connectivity index (χ2n) is 3.00. The van der Waals surface area contributed by atoms with Crippen molar-refractivity contribution in [2.24, 2.45) is 0 Å². The van der Waals surface area contributed by atoms with Crippen LogP contribution in [-0.2, 0) is 0 Å². The number of rotatable bonds is 2. The first kappa shape index (κ1) is 11.6. The monoisotopic (exact) mass is 310 g/mol. The van der Waals surface area contributed by atoms with Gasteiger partial charge >= 0.3 is 0 Å². The Morgan fingerprint density at radius 2 is 2.00 bits per heavy atom. The van der Waals surface area contributed by atoms with Gasteiger partial charge in [-0.25, -0.2) is 8.78 Å². The van der Waals surface area contributed by atoms with E-state index in [0.29, 0.717) is 14.7 Å². The molecule has 0 aliphatic rings. The molecule has 0 N–H and O–H groups in total. The Morgan fingerprint density at radius 3 is 2.43 bits per heavy atom. The average molecular weight is 310 g/mol. The minimum Gasteiger partial charge on any atom is -0.295 e. The molecule has 0 spiro atoms. The van der Waals surface area contributed by atoms with Gasteiger partial charge < -0.3 is 0 Å². The van der Waals surface area contributed by atoms with Gasteiger partial charge in [0.05, 0.1) is 0 Å². The number of hydrogen-bond donors (Lipinski definition) is 0. The smallest absolute Gasteiger partial charge is 0.264 e. The third kappa shape index (κ3) is 2.10. The van der Waals surface area contributed by atoms with E-state index in [-0.39, 0.29) is 11.3 Å². The normalized spacial score (nSPS) is 10.7. The van der Waals surface area contributed by atoms with Gasteiger partial charge in [0.25, 0.3) is 6.43 Å². The first-order valence-corrected chi connectivity index (χ1v) is 5.11. The standard InChI is InChI=1S/C10H9F2IO/c1-5-7(6(2)14)3-4-8(9(5)13)10(11)12/h3-4,10H,1-2H3. The van der Waals surface area contributed by atoms with Crippen molar-refractivity contribution in [3.8, 4) is 0 Å². The zero-order valence-corrected chi connectivity index (χ0v) is 9.93. The van der Waals surface area contributed by atoms with E-state index in [9.17, 15) is 13.6 Å². The summed E-state index contributed by atoms with van der Waals surface area (Å²) in [7, 11) is 0. The molecule has 14 heavy (non-hydrogen) atoms. The van der Waals surface area contributed by atoms with Gasteiger partial charge in [-0.2, -0.15) is 0 Å². The molecule has 0 unspecified atom stereocenters. The fraction of sp³-hybridized carbons (Fsp3) is 0.300. The SMILES string of the molecule is CC(=O)c1ccc(C(F)F)c(I)c1C. The number of ketones is 1. The summed E-state index contributed by atoms with van der Waals surface area (Å²) >= 11 is 1.85. The van der Waals surface area contributed by atoms with Crippen LogP contribution in [-0.4, -0.2) is 5.78 Å². The molecule has 0 saturated carbocycles. The van der Waals surface area contributed by atoms with Crippen molar-refractivity contribution in [1.29, 1.82) is 0 Å². The maximum atomic E-state index is 12.5. The van der Waals surface area contributed by atoms with E-state index in [1.54, 1.807) is 6.92 Å². The van der Waals surface area contributed by atoms with Crippen LogP contribution < -0.4 is 0 Å². The van der Waals surface area contributed by atoms with Crippen LogP contribution in [0.25, 0.3) is 0 Å². The number of Topliss-reactive ketones (excluding diaryl/α,β-unsaturated/α-hetero) is 1. The van der Waals surface area contributed by atoms with E-state index in [4.69, 9.17) is 0 Å². The number of alkyl halides is 2. The van der Waals surface area contributed by atoms with E-state index < -0.39 is 6.43 Å². The lowest BCUT2D eigenvalue weighted by Gasteiger charge is -2.09. The van der Waals surface area contributed by atoms with Gasteiger partial charge in [0.1, 0.15) is 0 Å². The highest BCUT2D eigenvalue weighted by molar-refractivity contribution is 14.1. The fourth-order valence-corrected chi connectivity index (χ4v) is 1.96. The van der Waals surface area contributed by atoms with Crippen LogP contribution in [0.1, 0.15) is 34.8 Å². The molecule has 76 valence electrons. The molecule has 1 rings (SSSR count). The summed E-state index contributed by atoms with van der Waals surface area (Å²) in [5, 5.41) is 0. The quantitative estimate of drug-likeness (QED) is 0.601. The fourth-order valence-electron chi connectivity index (χ4n) is 1.26. The average Bonchev–Trinajstić information content (AvgIpc) is 2.08. The summed E-state index contributed by atoms with van der Waals surface area (Å²) in [6.45, 7) is 3.12. The van der Waals surface area contributed by atoms with Crippen LogP contribution in [0.4, 0.5) is 8.78 Å². The zero-order chi connectivity index (χ0) is 10.9. The molecule has 1 nitrogen and oxygen atoms in total. The molecular weight excluding hydrogens is 301 g/mol. The molecule has 0 saturated heterocycles. The van der Waals surface area contributed by atoms with E-state index in [2.05, 4.69) is 0 Å². The third-order valence-corrected chi connectivity index (χ3v) is 3.46. The van der Waals surface area contributed by atoms with Crippen molar-refractivity contribution in [3.05, 3.63) is 32.4 Å². The molecule has 4 heteroatoms. The number of hydrogen-bond acceptors (Lipinski definition) is 1. The second kappa shape index (κ2) is 4.33. The van der Waals surface area contributed by atoms with Crippen molar-refractivity contribution in [2.45, 2.75) is 20.3 Å². The van der Waals surface area contributed by atoms with Crippen molar-refractivity contribution >= 4 is 28.4 Å². The molecule has 0 radical (unpaired) electrons.